The third-order valence-electron chi connectivity index (χ3n) is 3.85. The smallest absolute Gasteiger partial charge is 0.267 e. The van der Waals surface area contributed by atoms with E-state index in [1.165, 1.54) is 30.3 Å². The van der Waals surface area contributed by atoms with E-state index >= 15 is 0 Å². The minimum absolute atomic E-state index is 0.0124. The molecule has 0 aliphatic heterocycles. The fourth-order valence-electron chi connectivity index (χ4n) is 2.46. The number of amides is 1. The van der Waals surface area contributed by atoms with Crippen LogP contribution in [0.3, 0.4) is 0 Å². The van der Waals surface area contributed by atoms with Crippen molar-refractivity contribution < 1.29 is 24.1 Å². The van der Waals surface area contributed by atoms with Crippen LogP contribution in [0.5, 0.6) is 11.5 Å². The Kier molecular flexibility index (Phi) is 5.44. The number of hydrogen-bond donors (Lipinski definition) is 3. The molecule has 0 aliphatic rings. The Balaban J connectivity index is 1.88. The Morgan fingerprint density at radius 3 is 2.19 bits per heavy atom. The van der Waals surface area contributed by atoms with Gasteiger partial charge in [-0.15, -0.1) is 0 Å². The van der Waals surface area contributed by atoms with Gasteiger partial charge in [0.05, 0.1) is 12.3 Å². The van der Waals surface area contributed by atoms with Crippen LogP contribution in [-0.4, -0.2) is 27.7 Å². The molecule has 7 heteroatoms. The average Bonchev–Trinajstić information content (AvgIpc) is 2.69. The third-order valence-corrected chi connectivity index (χ3v) is 3.85. The standard InChI is InChI=1S/C20H17FN2O4/c21-14-3-7-16(8-4-14)27-15-5-1-12(2-6-15)13-9-17(19(25)11-24)23-18(10-13)20(22)26/h1-10,19,24-25H,11H2,(H2,22,26)/t19-/m0/s1. The maximum absolute atomic E-state index is 12.9. The topological polar surface area (TPSA) is 106 Å². The monoisotopic (exact) mass is 368 g/mol. The van der Waals surface area contributed by atoms with Gasteiger partial charge in [0.2, 0.25) is 0 Å². The van der Waals surface area contributed by atoms with E-state index in [-0.39, 0.29) is 17.2 Å². The molecule has 0 aliphatic carbocycles. The molecule has 1 atom stereocenters. The van der Waals surface area contributed by atoms with Crippen LogP contribution in [0.1, 0.15) is 22.3 Å². The van der Waals surface area contributed by atoms with Gasteiger partial charge in [0.15, 0.2) is 0 Å². The highest BCUT2D eigenvalue weighted by atomic mass is 19.1. The summed E-state index contributed by atoms with van der Waals surface area (Å²) in [5.41, 5.74) is 6.78. The number of hydrogen-bond acceptors (Lipinski definition) is 5. The number of aromatic nitrogens is 1. The predicted molar refractivity (Wildman–Crippen MR) is 96.7 cm³/mol. The molecular formula is C20H17FN2O4. The number of halogens is 1. The van der Waals surface area contributed by atoms with Gasteiger partial charge in [0.25, 0.3) is 5.91 Å². The molecule has 0 saturated carbocycles. The van der Waals surface area contributed by atoms with Crippen molar-refractivity contribution in [3.8, 4) is 22.6 Å². The van der Waals surface area contributed by atoms with Crippen LogP contribution in [0.4, 0.5) is 4.39 Å². The number of benzene rings is 2. The van der Waals surface area contributed by atoms with Gasteiger partial charge in [0, 0.05) is 0 Å². The van der Waals surface area contributed by atoms with Crippen LogP contribution in [0.15, 0.2) is 60.7 Å². The van der Waals surface area contributed by atoms with Crippen LogP contribution in [-0.2, 0) is 0 Å². The molecule has 2 aromatic carbocycles. The minimum atomic E-state index is -1.22. The fourth-order valence-corrected chi connectivity index (χ4v) is 2.46. The van der Waals surface area contributed by atoms with Crippen molar-refractivity contribution >= 4 is 5.91 Å². The molecular weight excluding hydrogens is 351 g/mol. The first-order valence-corrected chi connectivity index (χ1v) is 8.11. The first kappa shape index (κ1) is 18.5. The maximum atomic E-state index is 12.9. The second kappa shape index (κ2) is 7.94. The molecule has 27 heavy (non-hydrogen) atoms. The lowest BCUT2D eigenvalue weighted by molar-refractivity contribution is 0.0912. The van der Waals surface area contributed by atoms with Gasteiger partial charge >= 0.3 is 0 Å². The predicted octanol–water partition coefficient (Wildman–Crippen LogP) is 2.80. The number of carbonyl (C=O) groups is 1. The van der Waals surface area contributed by atoms with Crippen LogP contribution in [0, 0.1) is 5.82 Å². The summed E-state index contributed by atoms with van der Waals surface area (Å²) in [4.78, 5) is 15.5. The molecule has 138 valence electrons. The number of pyridine rings is 1. The summed E-state index contributed by atoms with van der Waals surface area (Å²) in [7, 11) is 0. The van der Waals surface area contributed by atoms with E-state index in [0.717, 1.165) is 5.56 Å². The number of ether oxygens (including phenoxy) is 1. The van der Waals surface area contributed by atoms with Gasteiger partial charge < -0.3 is 20.7 Å². The molecule has 0 radical (unpaired) electrons. The average molecular weight is 368 g/mol. The summed E-state index contributed by atoms with van der Waals surface area (Å²) in [5, 5.41) is 18.9. The molecule has 0 bridgehead atoms. The maximum Gasteiger partial charge on any atom is 0.267 e. The highest BCUT2D eigenvalue weighted by Gasteiger charge is 2.14. The number of rotatable bonds is 6. The summed E-state index contributed by atoms with van der Waals surface area (Å²) in [6.45, 7) is -0.529. The number of primary amides is 1. The molecule has 6 nitrogen and oxygen atoms in total. The molecule has 0 fully saturated rings. The zero-order valence-electron chi connectivity index (χ0n) is 14.2. The van der Waals surface area contributed by atoms with Gasteiger partial charge in [-0.2, -0.15) is 0 Å². The molecule has 0 spiro atoms. The van der Waals surface area contributed by atoms with Crippen LogP contribution < -0.4 is 10.5 Å². The number of aliphatic hydroxyl groups is 2. The Labute approximate surface area is 154 Å². The van der Waals surface area contributed by atoms with Gasteiger partial charge in [0.1, 0.15) is 29.1 Å². The normalized spacial score (nSPS) is 11.8. The summed E-state index contributed by atoms with van der Waals surface area (Å²) < 4.78 is 18.6. The SMILES string of the molecule is NC(=O)c1cc(-c2ccc(Oc3ccc(F)cc3)cc2)cc([C@@H](O)CO)n1. The Morgan fingerprint density at radius 2 is 1.63 bits per heavy atom. The van der Waals surface area contributed by atoms with E-state index in [9.17, 15) is 14.3 Å². The van der Waals surface area contributed by atoms with E-state index in [4.69, 9.17) is 15.6 Å². The zero-order chi connectivity index (χ0) is 19.4. The Bertz CT molecular complexity index is 943. The molecule has 3 rings (SSSR count). The van der Waals surface area contributed by atoms with E-state index in [1.807, 2.05) is 0 Å². The summed E-state index contributed by atoms with van der Waals surface area (Å²) in [6, 6.07) is 15.7. The van der Waals surface area contributed by atoms with Crippen molar-refractivity contribution in [3.05, 3.63) is 77.9 Å². The summed E-state index contributed by atoms with van der Waals surface area (Å²) in [6.07, 6.45) is -1.22. The highest BCUT2D eigenvalue weighted by molar-refractivity contribution is 5.92. The molecule has 3 aromatic rings. The van der Waals surface area contributed by atoms with Gasteiger partial charge in [-0.25, -0.2) is 9.37 Å². The van der Waals surface area contributed by atoms with Crippen LogP contribution >= 0.6 is 0 Å². The fraction of sp³-hybridized carbons (Fsp3) is 0.100. The van der Waals surface area contributed by atoms with Gasteiger partial charge in [-0.1, -0.05) is 12.1 Å². The Morgan fingerprint density at radius 1 is 1.04 bits per heavy atom. The lowest BCUT2D eigenvalue weighted by Crippen LogP contribution is -2.16. The van der Waals surface area contributed by atoms with Crippen molar-refractivity contribution in [3.63, 3.8) is 0 Å². The second-order valence-electron chi connectivity index (χ2n) is 5.81. The third kappa shape index (κ3) is 4.46. The first-order valence-electron chi connectivity index (χ1n) is 8.11. The molecule has 0 saturated heterocycles. The van der Waals surface area contributed by atoms with Crippen molar-refractivity contribution in [1.29, 1.82) is 0 Å². The molecule has 1 heterocycles. The molecule has 0 unspecified atom stereocenters. The lowest BCUT2D eigenvalue weighted by Gasteiger charge is -2.12. The van der Waals surface area contributed by atoms with Crippen molar-refractivity contribution in [1.82, 2.24) is 4.98 Å². The highest BCUT2D eigenvalue weighted by Crippen LogP contribution is 2.27. The van der Waals surface area contributed by atoms with E-state index in [0.29, 0.717) is 17.1 Å². The summed E-state index contributed by atoms with van der Waals surface area (Å²) in [5.74, 6) is -0.0383. The number of aliphatic hydroxyl groups excluding tert-OH is 2. The first-order chi connectivity index (χ1) is 13.0. The number of nitrogens with zero attached hydrogens (tertiary/aromatic N) is 1. The minimum Gasteiger partial charge on any atom is -0.457 e. The lowest BCUT2D eigenvalue weighted by atomic mass is 10.0. The van der Waals surface area contributed by atoms with Crippen LogP contribution in [0.25, 0.3) is 11.1 Å². The van der Waals surface area contributed by atoms with Crippen molar-refractivity contribution in [2.45, 2.75) is 6.10 Å². The molecule has 4 N–H and O–H groups in total. The number of carbonyl (C=O) groups excluding carboxylic acids is 1. The summed E-state index contributed by atoms with van der Waals surface area (Å²) >= 11 is 0. The molecule has 1 aromatic heterocycles. The largest absolute Gasteiger partial charge is 0.457 e. The van der Waals surface area contributed by atoms with E-state index in [2.05, 4.69) is 4.98 Å². The Hall–Kier alpha value is -3.29. The zero-order valence-corrected chi connectivity index (χ0v) is 14.2. The van der Waals surface area contributed by atoms with Crippen molar-refractivity contribution in [2.24, 2.45) is 5.73 Å². The van der Waals surface area contributed by atoms with Crippen molar-refractivity contribution in [2.75, 3.05) is 6.61 Å². The molecule has 1 amide bonds. The van der Waals surface area contributed by atoms with Gasteiger partial charge in [-0.3, -0.25) is 4.79 Å². The number of nitrogens with two attached hydrogens (primary N) is 1. The quantitative estimate of drug-likeness (QED) is 0.620. The van der Waals surface area contributed by atoms with Crippen LogP contribution in [0.2, 0.25) is 0 Å². The van der Waals surface area contributed by atoms with Gasteiger partial charge in [-0.05, 0) is 59.7 Å². The van der Waals surface area contributed by atoms with E-state index in [1.54, 1.807) is 30.3 Å². The second-order valence-corrected chi connectivity index (χ2v) is 5.81. The van der Waals surface area contributed by atoms with E-state index < -0.39 is 18.6 Å².